The number of benzene rings is 1. The second-order valence-electron chi connectivity index (χ2n) is 22.4. The van der Waals surface area contributed by atoms with Gasteiger partial charge in [0.1, 0.15) is 42.6 Å². The molecule has 3 aliphatic rings. The monoisotopic (exact) mass is 1260 g/mol. The molecule has 0 bridgehead atoms. The van der Waals surface area contributed by atoms with Crippen molar-refractivity contribution >= 4 is 75.2 Å². The zero-order valence-corrected chi connectivity index (χ0v) is 52.2. The molecule has 1 spiro atoms. The lowest BCUT2D eigenvalue weighted by molar-refractivity contribution is -0.163. The molecule has 0 unspecified atom stereocenters. The predicted octanol–water partition coefficient (Wildman–Crippen LogP) is 5.26. The van der Waals surface area contributed by atoms with E-state index in [1.165, 1.54) is 29.1 Å². The number of aliphatic hydroxyl groups excluding tert-OH is 1. The molecule has 3 heterocycles. The van der Waals surface area contributed by atoms with Gasteiger partial charge < -0.3 is 66.4 Å². The van der Waals surface area contributed by atoms with Crippen molar-refractivity contribution in [1.29, 1.82) is 0 Å². The van der Waals surface area contributed by atoms with Crippen molar-refractivity contribution in [3.05, 3.63) is 65.8 Å². The number of primary amides is 1. The molecule has 24 nitrogen and oxygen atoms in total. The maximum atomic E-state index is 14.0. The van der Waals surface area contributed by atoms with Crippen molar-refractivity contribution in [3.8, 4) is 0 Å². The van der Waals surface area contributed by atoms with E-state index >= 15 is 0 Å². The van der Waals surface area contributed by atoms with Gasteiger partial charge in [0.2, 0.25) is 35.4 Å². The zero-order valence-electron chi connectivity index (χ0n) is 50.6. The number of urea groups is 1. The smallest absolute Gasteiger partial charge is 0.429 e. The first-order valence-corrected chi connectivity index (χ1v) is 30.8. The first kappa shape index (κ1) is 71.1. The first-order chi connectivity index (χ1) is 40.4. The molecular weight excluding hydrogens is 1170 g/mol. The summed E-state index contributed by atoms with van der Waals surface area (Å²) in [5.74, 6) is -2.76. The normalized spacial score (nSPS) is 20.8. The van der Waals surface area contributed by atoms with Gasteiger partial charge in [-0.15, -0.1) is 0 Å². The van der Waals surface area contributed by atoms with Crippen LogP contribution in [0.1, 0.15) is 138 Å². The van der Waals surface area contributed by atoms with E-state index < -0.39 is 72.0 Å². The number of halogens is 1. The van der Waals surface area contributed by atoms with Gasteiger partial charge in [0.25, 0.3) is 0 Å². The number of nitrogens with zero attached hydrogens (tertiary/aromatic N) is 2. The van der Waals surface area contributed by atoms with Crippen LogP contribution in [0.15, 0.2) is 60.2 Å². The highest BCUT2D eigenvalue weighted by atomic mass is 79.9. The Morgan fingerprint density at radius 3 is 2.21 bits per heavy atom. The van der Waals surface area contributed by atoms with E-state index in [0.717, 1.165) is 12.0 Å². The Balaban J connectivity index is 1.30. The number of alkyl halides is 1. The summed E-state index contributed by atoms with van der Waals surface area (Å²) >= 11 is 3.10. The number of hydrogen-bond donors (Lipinski definition) is 8. The van der Waals surface area contributed by atoms with Crippen LogP contribution in [0.25, 0.3) is 0 Å². The fourth-order valence-corrected chi connectivity index (χ4v) is 9.81. The number of anilines is 1. The third-order valence-corrected chi connectivity index (χ3v) is 15.3. The number of amides is 9. The van der Waals surface area contributed by atoms with Gasteiger partial charge in [-0.3, -0.25) is 33.6 Å². The number of hydrazine groups is 1. The predicted molar refractivity (Wildman–Crippen MR) is 321 cm³/mol. The molecule has 3 saturated heterocycles. The van der Waals surface area contributed by atoms with Crippen molar-refractivity contribution in [1.82, 2.24) is 36.6 Å². The van der Waals surface area contributed by atoms with Crippen molar-refractivity contribution in [3.63, 3.8) is 0 Å². The Hall–Kier alpha value is -6.41. The Kier molecular flexibility index (Phi) is 30.6. The summed E-state index contributed by atoms with van der Waals surface area (Å²) < 4.78 is 29.3. The number of ether oxygens (including phenoxy) is 5. The fraction of sp³-hybridized carbons (Fsp3) is 0.650. The van der Waals surface area contributed by atoms with E-state index in [0.29, 0.717) is 69.3 Å². The quantitative estimate of drug-likeness (QED) is 0.0109. The Bertz CT molecular complexity index is 2470. The molecule has 0 aliphatic carbocycles. The molecule has 1 aromatic rings. The second kappa shape index (κ2) is 36.6. The third kappa shape index (κ3) is 25.6. The molecular formula is C60H92BrN9O15. The summed E-state index contributed by atoms with van der Waals surface area (Å²) in [6.07, 6.45) is 10.00. The third-order valence-electron chi connectivity index (χ3n) is 14.8. The summed E-state index contributed by atoms with van der Waals surface area (Å²) in [4.78, 5) is 114. The van der Waals surface area contributed by atoms with Crippen molar-refractivity contribution < 1.29 is 71.9 Å². The van der Waals surface area contributed by atoms with Crippen LogP contribution in [0.2, 0.25) is 0 Å². The van der Waals surface area contributed by atoms with E-state index in [2.05, 4.69) is 67.8 Å². The molecule has 4 rings (SSSR count). The summed E-state index contributed by atoms with van der Waals surface area (Å²) in [6, 6.07) is 3.81. The minimum absolute atomic E-state index is 0.0726. The van der Waals surface area contributed by atoms with Crippen LogP contribution >= 0.6 is 15.9 Å². The molecule has 0 radical (unpaired) electrons. The molecule has 3 fully saturated rings. The standard InChI is InChI=1S/C60H92BrN9O15/c1-9-40(5)48(84-42(7)35-65-50(72)27-20-41(6)83-43(8)71)25-18-39(4)19-26-49-55(76)60(37-82-60)33-46(85-49)32-53(75)69-30-13-14-31-70(69)59(80)81-36-44-21-23-45(24-22-44)66-56(77)47(16-15-29-64-58(62)79)67-57(78)54(38(2)3)68-51(73)17-11-10-12-28-63-52(74)34-61/h18-24,26-27,38,40-42,46-49,54-55,76H,9-17,25,28-37H2,1-8H3,(H,63,74)(H,65,72)(H,66,77)(H,67,78)(H,68,73)(H3,62,64,79)/b26-19+,27-20-,39-18+/t40-,41-,42+,46+,47-,48-,49+,54-,55+,60+/m0/s1. The van der Waals surface area contributed by atoms with Crippen LogP contribution in [0, 0.1) is 11.8 Å². The van der Waals surface area contributed by atoms with Crippen LogP contribution in [-0.2, 0) is 63.9 Å². The molecule has 10 atom stereocenters. The Morgan fingerprint density at radius 2 is 1.56 bits per heavy atom. The number of unbranched alkanes of at least 4 members (excludes halogenated alkanes) is 2. The lowest BCUT2D eigenvalue weighted by Crippen LogP contribution is -2.55. The summed E-state index contributed by atoms with van der Waals surface area (Å²) in [7, 11) is 0. The maximum Gasteiger partial charge on any atom is 0.429 e. The van der Waals surface area contributed by atoms with Crippen LogP contribution < -0.4 is 37.6 Å². The lowest BCUT2D eigenvalue weighted by Gasteiger charge is -2.40. The Morgan fingerprint density at radius 1 is 0.871 bits per heavy atom. The van der Waals surface area contributed by atoms with Gasteiger partial charge in [0.15, 0.2) is 0 Å². The number of allylic oxidation sites excluding steroid dienone is 2. The van der Waals surface area contributed by atoms with Crippen LogP contribution in [-0.4, -0.2) is 168 Å². The van der Waals surface area contributed by atoms with Gasteiger partial charge in [0.05, 0.1) is 36.7 Å². The molecule has 0 aromatic heterocycles. The van der Waals surface area contributed by atoms with Gasteiger partial charge in [0, 0.05) is 64.3 Å². The maximum absolute atomic E-state index is 14.0. The molecule has 25 heteroatoms. The Labute approximate surface area is 508 Å². The fourth-order valence-electron chi connectivity index (χ4n) is 9.62. The van der Waals surface area contributed by atoms with Crippen LogP contribution in [0.5, 0.6) is 0 Å². The number of epoxide rings is 1. The number of esters is 1. The molecule has 9 N–H and O–H groups in total. The van der Waals surface area contributed by atoms with E-state index in [4.69, 9.17) is 29.4 Å². The highest BCUT2D eigenvalue weighted by Crippen LogP contribution is 2.43. The summed E-state index contributed by atoms with van der Waals surface area (Å²) in [6.45, 7) is 16.2. The highest BCUT2D eigenvalue weighted by molar-refractivity contribution is 9.09. The minimum atomic E-state index is -1.06. The highest BCUT2D eigenvalue weighted by Gasteiger charge is 2.58. The topological polar surface area (TPSA) is 328 Å². The average Bonchev–Trinajstić information content (AvgIpc) is 1.82. The molecule has 85 heavy (non-hydrogen) atoms. The van der Waals surface area contributed by atoms with E-state index in [1.807, 2.05) is 19.9 Å². The van der Waals surface area contributed by atoms with Crippen LogP contribution in [0.4, 0.5) is 15.3 Å². The second-order valence-corrected chi connectivity index (χ2v) is 23.0. The van der Waals surface area contributed by atoms with Gasteiger partial charge in [-0.2, -0.15) is 0 Å². The van der Waals surface area contributed by atoms with Gasteiger partial charge >= 0.3 is 18.1 Å². The number of nitrogens with one attached hydrogen (secondary N) is 6. The number of nitrogens with two attached hydrogens (primary N) is 1. The number of aliphatic hydroxyl groups is 1. The van der Waals surface area contributed by atoms with Crippen molar-refractivity contribution in [2.45, 2.75) is 193 Å². The summed E-state index contributed by atoms with van der Waals surface area (Å²) in [5.41, 5.74) is 6.24. The molecule has 3 aliphatic heterocycles. The molecule has 1 aromatic carbocycles. The molecule has 474 valence electrons. The number of hydrogen-bond acceptors (Lipinski definition) is 15. The number of carbonyl (C=O) groups excluding carboxylic acids is 9. The molecule has 0 saturated carbocycles. The molecule has 9 amide bonds. The summed E-state index contributed by atoms with van der Waals surface area (Å²) in [5, 5.41) is 30.7. The van der Waals surface area contributed by atoms with Crippen molar-refractivity contribution in [2.75, 3.05) is 50.0 Å². The lowest BCUT2D eigenvalue weighted by atomic mass is 9.87. The van der Waals surface area contributed by atoms with E-state index in [9.17, 15) is 48.3 Å². The number of carbonyl (C=O) groups is 9. The van der Waals surface area contributed by atoms with E-state index in [-0.39, 0.29) is 111 Å². The SMILES string of the molecule is CC[C@H](C)[C@H](C/C=C(C)/C=C/[C@H]1O[C@H](CC(=O)N2CCCCN2C(=O)OCc2ccc(NC(=O)[C@H](CCCNC(N)=O)NC(=O)[C@@H](NC(=O)CCCCCNC(=O)CBr)C(C)C)cc2)C[C@@]2(CO2)[C@@H]1O)O[C@H](C)CNC(=O)/C=C\[C@H](C)OC(C)=O. The zero-order chi connectivity index (χ0) is 62.6. The van der Waals surface area contributed by atoms with Gasteiger partial charge in [-0.05, 0) is 101 Å². The minimum Gasteiger partial charge on any atom is -0.459 e. The largest absolute Gasteiger partial charge is 0.459 e. The van der Waals surface area contributed by atoms with Crippen molar-refractivity contribution in [2.24, 2.45) is 17.6 Å². The number of rotatable bonds is 34. The average molecular weight is 1260 g/mol. The van der Waals surface area contributed by atoms with Gasteiger partial charge in [-0.1, -0.05) is 92.4 Å². The van der Waals surface area contributed by atoms with E-state index in [1.54, 1.807) is 51.1 Å². The van der Waals surface area contributed by atoms with Crippen LogP contribution in [0.3, 0.4) is 0 Å². The first-order valence-electron chi connectivity index (χ1n) is 29.6. The van der Waals surface area contributed by atoms with Gasteiger partial charge in [-0.25, -0.2) is 19.6 Å².